The molecule has 0 saturated carbocycles. The van der Waals surface area contributed by atoms with Crippen LogP contribution in [0.15, 0.2) is 48.5 Å². The molecule has 242 valence electrons. The summed E-state index contributed by atoms with van der Waals surface area (Å²) < 4.78 is 33.4. The Morgan fingerprint density at radius 2 is 1.64 bits per heavy atom. The highest BCUT2D eigenvalue weighted by atomic mass is 16.7. The van der Waals surface area contributed by atoms with Gasteiger partial charge in [-0.05, 0) is 54.8 Å². The van der Waals surface area contributed by atoms with Crippen LogP contribution in [0.2, 0.25) is 0 Å². The molecule has 2 heterocycles. The number of phenols is 2. The molecule has 2 aliphatic heterocycles. The second-order valence-corrected chi connectivity index (χ2v) is 10.5. The summed E-state index contributed by atoms with van der Waals surface area (Å²) in [4.78, 5) is 12.9. The number of rotatable bonds is 11. The highest BCUT2D eigenvalue weighted by molar-refractivity contribution is 5.87. The summed E-state index contributed by atoms with van der Waals surface area (Å²) in [5.41, 5.74) is 1.26. The van der Waals surface area contributed by atoms with Gasteiger partial charge in [-0.1, -0.05) is 18.2 Å². The molecule has 2 fully saturated rings. The third-order valence-electron chi connectivity index (χ3n) is 7.37. The maximum absolute atomic E-state index is 12.9. The van der Waals surface area contributed by atoms with Gasteiger partial charge in [0.15, 0.2) is 30.2 Å². The van der Waals surface area contributed by atoms with Gasteiger partial charge in [-0.15, -0.1) is 0 Å². The minimum atomic E-state index is -1.74. The van der Waals surface area contributed by atoms with Crippen LogP contribution in [0, 0.1) is 0 Å². The summed E-state index contributed by atoms with van der Waals surface area (Å²) >= 11 is 0. The molecule has 2 aliphatic rings. The number of aliphatic hydroxyl groups is 5. The Labute approximate surface area is 253 Å². The van der Waals surface area contributed by atoms with Gasteiger partial charge in [-0.3, -0.25) is 0 Å². The molecule has 0 aliphatic carbocycles. The van der Waals surface area contributed by atoms with Crippen molar-refractivity contribution >= 4 is 12.0 Å². The first kappa shape index (κ1) is 33.6. The van der Waals surface area contributed by atoms with Crippen LogP contribution in [0.25, 0.3) is 6.08 Å². The molecular formula is C30H38O14. The summed E-state index contributed by atoms with van der Waals surface area (Å²) in [5.74, 6) is -0.732. The van der Waals surface area contributed by atoms with E-state index in [1.54, 1.807) is 18.2 Å². The summed E-state index contributed by atoms with van der Waals surface area (Å²) in [6, 6.07) is 10.9. The molecule has 44 heavy (non-hydrogen) atoms. The number of carbonyl (C=O) groups excluding carboxylic acids is 1. The molecule has 0 unspecified atom stereocenters. The summed E-state index contributed by atoms with van der Waals surface area (Å²) in [6.45, 7) is 0.801. The van der Waals surface area contributed by atoms with E-state index in [2.05, 4.69) is 0 Å². The Morgan fingerprint density at radius 1 is 0.909 bits per heavy atom. The van der Waals surface area contributed by atoms with Gasteiger partial charge in [-0.2, -0.15) is 0 Å². The molecule has 0 bridgehead atoms. The van der Waals surface area contributed by atoms with Crippen LogP contribution < -0.4 is 4.74 Å². The molecule has 0 aromatic heterocycles. The zero-order valence-electron chi connectivity index (χ0n) is 24.1. The highest BCUT2D eigenvalue weighted by Gasteiger charge is 2.52. The van der Waals surface area contributed by atoms with Gasteiger partial charge < -0.3 is 64.2 Å². The summed E-state index contributed by atoms with van der Waals surface area (Å²) in [5, 5.41) is 71.7. The van der Waals surface area contributed by atoms with Crippen molar-refractivity contribution < 1.29 is 69.0 Å². The molecular weight excluding hydrogens is 584 g/mol. The largest absolute Gasteiger partial charge is 0.508 e. The first-order valence-corrected chi connectivity index (χ1v) is 14.0. The van der Waals surface area contributed by atoms with Crippen molar-refractivity contribution in [1.82, 2.24) is 0 Å². The molecule has 0 amide bonds. The maximum atomic E-state index is 12.9. The van der Waals surface area contributed by atoms with Crippen LogP contribution in [-0.2, 0) is 34.9 Å². The predicted octanol–water partition coefficient (Wildman–Crippen LogP) is -0.418. The Hall–Kier alpha value is -3.31. The number of aliphatic hydroxyl groups excluding tert-OH is 5. The minimum absolute atomic E-state index is 0.0454. The number of esters is 1. The zero-order valence-corrected chi connectivity index (χ0v) is 24.1. The Morgan fingerprint density at radius 3 is 2.30 bits per heavy atom. The van der Waals surface area contributed by atoms with Gasteiger partial charge >= 0.3 is 5.97 Å². The van der Waals surface area contributed by atoms with E-state index in [0.717, 1.165) is 11.6 Å². The van der Waals surface area contributed by atoms with Crippen molar-refractivity contribution in [2.75, 3.05) is 20.3 Å². The van der Waals surface area contributed by atoms with E-state index >= 15 is 0 Å². The van der Waals surface area contributed by atoms with E-state index in [4.69, 9.17) is 28.4 Å². The Kier molecular flexibility index (Phi) is 11.5. The average molecular weight is 623 g/mol. The van der Waals surface area contributed by atoms with Gasteiger partial charge in [-0.25, -0.2) is 4.79 Å². The lowest BCUT2D eigenvalue weighted by Crippen LogP contribution is -2.65. The summed E-state index contributed by atoms with van der Waals surface area (Å²) in [7, 11) is 1.39. The molecule has 0 radical (unpaired) electrons. The van der Waals surface area contributed by atoms with Crippen molar-refractivity contribution in [3.05, 3.63) is 59.7 Å². The van der Waals surface area contributed by atoms with E-state index in [1.807, 2.05) is 0 Å². The van der Waals surface area contributed by atoms with Crippen LogP contribution in [0.5, 0.6) is 17.2 Å². The number of benzene rings is 2. The van der Waals surface area contributed by atoms with Crippen LogP contribution in [0.4, 0.5) is 0 Å². The first-order chi connectivity index (χ1) is 21.0. The van der Waals surface area contributed by atoms with E-state index in [9.17, 15) is 40.5 Å². The van der Waals surface area contributed by atoms with Crippen LogP contribution in [0.1, 0.15) is 18.1 Å². The van der Waals surface area contributed by atoms with Crippen LogP contribution in [0.3, 0.4) is 0 Å². The number of hydrogen-bond donors (Lipinski definition) is 7. The van der Waals surface area contributed by atoms with Crippen molar-refractivity contribution in [2.45, 2.75) is 74.8 Å². The fourth-order valence-electron chi connectivity index (χ4n) is 4.86. The third-order valence-corrected chi connectivity index (χ3v) is 7.37. The third kappa shape index (κ3) is 8.04. The van der Waals surface area contributed by atoms with E-state index < -0.39 is 74.0 Å². The van der Waals surface area contributed by atoms with Crippen molar-refractivity contribution in [1.29, 1.82) is 0 Å². The monoisotopic (exact) mass is 622 g/mol. The van der Waals surface area contributed by atoms with E-state index in [-0.39, 0.29) is 23.9 Å². The normalized spacial score (nSPS) is 32.4. The van der Waals surface area contributed by atoms with Crippen molar-refractivity contribution in [3.63, 3.8) is 0 Å². The zero-order chi connectivity index (χ0) is 32.0. The molecule has 2 aromatic rings. The second kappa shape index (κ2) is 15.1. The molecule has 7 N–H and O–H groups in total. The Balaban J connectivity index is 1.52. The average Bonchev–Trinajstić information content (AvgIpc) is 3.01. The van der Waals surface area contributed by atoms with Gasteiger partial charge in [0.25, 0.3) is 0 Å². The summed E-state index contributed by atoms with van der Waals surface area (Å²) in [6.07, 6.45) is -11.8. The van der Waals surface area contributed by atoms with Gasteiger partial charge in [0.1, 0.15) is 42.4 Å². The molecule has 14 nitrogen and oxygen atoms in total. The smallest absolute Gasteiger partial charge is 0.331 e. The lowest BCUT2D eigenvalue weighted by molar-refractivity contribution is -0.357. The molecule has 0 spiro atoms. The molecule has 4 rings (SSSR count). The van der Waals surface area contributed by atoms with Gasteiger partial charge in [0.05, 0.1) is 26.4 Å². The topological polar surface area (TPSA) is 214 Å². The first-order valence-electron chi connectivity index (χ1n) is 14.0. The molecule has 2 saturated heterocycles. The number of ether oxygens (including phenoxy) is 6. The molecule has 2 aromatic carbocycles. The number of hydrogen-bond acceptors (Lipinski definition) is 14. The fourth-order valence-corrected chi connectivity index (χ4v) is 4.86. The highest BCUT2D eigenvalue weighted by Crippen LogP contribution is 2.32. The van der Waals surface area contributed by atoms with Crippen LogP contribution >= 0.6 is 0 Å². The van der Waals surface area contributed by atoms with Crippen molar-refractivity contribution in [2.24, 2.45) is 0 Å². The lowest BCUT2D eigenvalue weighted by Gasteiger charge is -2.46. The Bertz CT molecular complexity index is 1250. The van der Waals surface area contributed by atoms with Gasteiger partial charge in [0, 0.05) is 6.08 Å². The second-order valence-electron chi connectivity index (χ2n) is 10.5. The molecule has 10 atom stereocenters. The number of aromatic hydroxyl groups is 2. The van der Waals surface area contributed by atoms with E-state index in [1.165, 1.54) is 44.4 Å². The van der Waals surface area contributed by atoms with Crippen LogP contribution in [-0.4, -0.2) is 123 Å². The van der Waals surface area contributed by atoms with Crippen molar-refractivity contribution in [3.8, 4) is 17.2 Å². The number of phenolic OH excluding ortho intramolecular Hbond substituents is 2. The minimum Gasteiger partial charge on any atom is -0.508 e. The molecule has 14 heteroatoms. The van der Waals surface area contributed by atoms with Gasteiger partial charge in [0.2, 0.25) is 0 Å². The number of methoxy groups -OCH3 is 1. The standard InChI is InChI=1S/C30H38O14/c1-15-23(35)24(36)25(37)30(41-15)44-28-26(38)29(40-12-11-16-3-7-18(32)8-4-16)42-21(14-31)27(28)43-22(34)10-6-17-5-9-20(39-2)19(33)13-17/h3-10,13,15,21,23-33,35-38H,11-12,14H2,1-2H3/b10-6+/t15-,21-,23-,24+,25+,26-,27-,28-,29-,30-/m1/s1. The SMILES string of the molecule is COc1ccc(/C=C/C(=O)O[C@H]2[C@H](O[C@H]3O[C@H](C)[C@@H](O)[C@H](O)[C@@H]3O)[C@@H](O)[C@H](OCCc3ccc(O)cc3)O[C@@H]2CO)cc1O. The number of carbonyl (C=O) groups is 1. The quantitative estimate of drug-likeness (QED) is 0.125. The fraction of sp³-hybridized carbons (Fsp3) is 0.500. The van der Waals surface area contributed by atoms with E-state index in [0.29, 0.717) is 12.0 Å². The maximum Gasteiger partial charge on any atom is 0.331 e. The predicted molar refractivity (Wildman–Crippen MR) is 150 cm³/mol. The lowest BCUT2D eigenvalue weighted by atomic mass is 9.97.